The van der Waals surface area contributed by atoms with Crippen molar-refractivity contribution in [1.82, 2.24) is 4.90 Å². The molecule has 160 valence electrons. The zero-order valence-electron chi connectivity index (χ0n) is 17.9. The van der Waals surface area contributed by atoms with Crippen LogP contribution in [0.4, 0.5) is 5.69 Å². The summed E-state index contributed by atoms with van der Waals surface area (Å²) in [6.07, 6.45) is 2.61. The summed E-state index contributed by atoms with van der Waals surface area (Å²) in [7, 11) is 0. The molecule has 4 aromatic carbocycles. The van der Waals surface area contributed by atoms with Gasteiger partial charge in [-0.15, -0.1) is 0 Å². The van der Waals surface area contributed by atoms with E-state index in [2.05, 4.69) is 34.5 Å². The molecule has 0 radical (unpaired) electrons. The second-order valence-corrected chi connectivity index (χ2v) is 8.85. The van der Waals surface area contributed by atoms with Crippen molar-refractivity contribution >= 4 is 34.0 Å². The number of nitrogens with one attached hydrogen (secondary N) is 1. The van der Waals surface area contributed by atoms with Crippen molar-refractivity contribution < 1.29 is 4.79 Å². The van der Waals surface area contributed by atoms with E-state index in [4.69, 9.17) is 11.6 Å². The molecule has 0 saturated carbocycles. The summed E-state index contributed by atoms with van der Waals surface area (Å²) in [4.78, 5) is 15.3. The first-order valence-corrected chi connectivity index (χ1v) is 11.4. The van der Waals surface area contributed by atoms with Crippen molar-refractivity contribution in [2.75, 3.05) is 18.4 Å². The van der Waals surface area contributed by atoms with Crippen molar-refractivity contribution in [3.05, 3.63) is 101 Å². The average Bonchev–Trinajstić information content (AvgIpc) is 3.33. The van der Waals surface area contributed by atoms with Gasteiger partial charge in [0.1, 0.15) is 0 Å². The number of carbonyl (C=O) groups is 1. The van der Waals surface area contributed by atoms with Gasteiger partial charge in [0.25, 0.3) is 5.91 Å². The third kappa shape index (κ3) is 4.69. The van der Waals surface area contributed by atoms with Crippen LogP contribution in [0.25, 0.3) is 21.9 Å². The predicted molar refractivity (Wildman–Crippen MR) is 133 cm³/mol. The smallest absolute Gasteiger partial charge is 0.255 e. The van der Waals surface area contributed by atoms with Crippen molar-refractivity contribution in [3.63, 3.8) is 0 Å². The van der Waals surface area contributed by atoms with Crippen LogP contribution < -0.4 is 5.32 Å². The van der Waals surface area contributed by atoms with Gasteiger partial charge in [-0.3, -0.25) is 9.69 Å². The Hall–Kier alpha value is -3.14. The number of amides is 1. The Morgan fingerprint density at radius 2 is 1.41 bits per heavy atom. The number of hydrogen-bond acceptors (Lipinski definition) is 2. The lowest BCUT2D eigenvalue weighted by Gasteiger charge is -2.15. The first-order chi connectivity index (χ1) is 15.6. The Morgan fingerprint density at radius 1 is 0.781 bits per heavy atom. The molecule has 4 aromatic rings. The van der Waals surface area contributed by atoms with E-state index in [9.17, 15) is 4.79 Å². The molecule has 32 heavy (non-hydrogen) atoms. The first-order valence-electron chi connectivity index (χ1n) is 11.1. The van der Waals surface area contributed by atoms with E-state index in [1.807, 2.05) is 60.7 Å². The molecule has 1 aliphatic heterocycles. The normalized spacial score (nSPS) is 14.0. The highest BCUT2D eigenvalue weighted by Crippen LogP contribution is 2.24. The van der Waals surface area contributed by atoms with Crippen LogP contribution in [0.1, 0.15) is 28.8 Å². The number of likely N-dealkylation sites (tertiary alicyclic amines) is 1. The van der Waals surface area contributed by atoms with E-state index in [0.29, 0.717) is 10.6 Å². The number of benzene rings is 4. The van der Waals surface area contributed by atoms with E-state index < -0.39 is 0 Å². The minimum Gasteiger partial charge on any atom is -0.322 e. The molecule has 4 heteroatoms. The number of rotatable bonds is 5. The van der Waals surface area contributed by atoms with Gasteiger partial charge < -0.3 is 5.32 Å². The molecule has 0 aliphatic carbocycles. The van der Waals surface area contributed by atoms with Gasteiger partial charge in [0.15, 0.2) is 0 Å². The molecule has 1 heterocycles. The van der Waals surface area contributed by atoms with Gasteiger partial charge in [-0.2, -0.15) is 0 Å². The van der Waals surface area contributed by atoms with Gasteiger partial charge in [-0.1, -0.05) is 54.1 Å². The molecule has 1 N–H and O–H groups in total. The number of fused-ring (bicyclic) bond motifs is 1. The summed E-state index contributed by atoms with van der Waals surface area (Å²) >= 11 is 5.97. The molecule has 0 aromatic heterocycles. The number of nitrogens with zero attached hydrogens (tertiary/aromatic N) is 1. The summed E-state index contributed by atoms with van der Waals surface area (Å²) in [5, 5.41) is 6.07. The van der Waals surface area contributed by atoms with Gasteiger partial charge in [0.05, 0.1) is 0 Å². The molecule has 0 unspecified atom stereocenters. The van der Waals surface area contributed by atoms with Crippen LogP contribution in [0.5, 0.6) is 0 Å². The Bertz CT molecular complexity index is 1240. The molecule has 0 bridgehead atoms. The third-order valence-electron chi connectivity index (χ3n) is 6.09. The van der Waals surface area contributed by atoms with Crippen LogP contribution in [0.3, 0.4) is 0 Å². The maximum atomic E-state index is 12.8. The molecule has 0 spiro atoms. The molecule has 3 nitrogen and oxygen atoms in total. The summed E-state index contributed by atoms with van der Waals surface area (Å²) in [5.74, 6) is -0.113. The lowest BCUT2D eigenvalue weighted by Crippen LogP contribution is -2.18. The van der Waals surface area contributed by atoms with Gasteiger partial charge in [-0.25, -0.2) is 0 Å². The maximum absolute atomic E-state index is 12.8. The highest BCUT2D eigenvalue weighted by atomic mass is 35.5. The molecule has 1 amide bonds. The van der Waals surface area contributed by atoms with E-state index in [0.717, 1.165) is 28.7 Å². The van der Waals surface area contributed by atoms with Gasteiger partial charge in [0, 0.05) is 22.8 Å². The second-order valence-electron chi connectivity index (χ2n) is 8.42. The average molecular weight is 441 g/mol. The molecular weight excluding hydrogens is 416 g/mol. The quantitative estimate of drug-likeness (QED) is 0.362. The van der Waals surface area contributed by atoms with Gasteiger partial charge >= 0.3 is 0 Å². The first kappa shape index (κ1) is 20.7. The fraction of sp³-hybridized carbons (Fsp3) is 0.179. The highest BCUT2D eigenvalue weighted by Gasteiger charge is 2.12. The van der Waals surface area contributed by atoms with Crippen molar-refractivity contribution in [1.29, 1.82) is 0 Å². The zero-order valence-corrected chi connectivity index (χ0v) is 18.6. The second kappa shape index (κ2) is 9.15. The Morgan fingerprint density at radius 3 is 2.12 bits per heavy atom. The van der Waals surface area contributed by atoms with Crippen LogP contribution in [0.15, 0.2) is 84.9 Å². The van der Waals surface area contributed by atoms with Crippen LogP contribution in [-0.2, 0) is 6.54 Å². The number of carbonyl (C=O) groups excluding carboxylic acids is 1. The lowest BCUT2D eigenvalue weighted by molar-refractivity contribution is 0.102. The molecule has 1 saturated heterocycles. The predicted octanol–water partition coefficient (Wildman–Crippen LogP) is 7.01. The van der Waals surface area contributed by atoms with E-state index >= 15 is 0 Å². The summed E-state index contributed by atoms with van der Waals surface area (Å²) in [6, 6.07) is 28.0. The Kier molecular flexibility index (Phi) is 5.93. The minimum absolute atomic E-state index is 0.113. The van der Waals surface area contributed by atoms with Gasteiger partial charge in [-0.05, 0) is 95.9 Å². The molecule has 1 fully saturated rings. The Balaban J connectivity index is 1.28. The number of anilines is 1. The standard InChI is InChI=1S/C28H25ClN2O/c29-26-12-9-22(10-13-26)21-5-7-23(8-6-21)28(32)30-27-14-11-24-17-20(3-4-25(24)18-27)19-31-15-1-2-16-31/h3-14,17-18H,1-2,15-16,19H2,(H,30,32). The highest BCUT2D eigenvalue weighted by molar-refractivity contribution is 6.30. The third-order valence-corrected chi connectivity index (χ3v) is 6.34. The molecular formula is C28H25ClN2O. The topological polar surface area (TPSA) is 32.3 Å². The van der Waals surface area contributed by atoms with E-state index in [1.54, 1.807) is 0 Å². The fourth-order valence-electron chi connectivity index (χ4n) is 4.33. The minimum atomic E-state index is -0.113. The van der Waals surface area contributed by atoms with Crippen molar-refractivity contribution in [2.24, 2.45) is 0 Å². The summed E-state index contributed by atoms with van der Waals surface area (Å²) < 4.78 is 0. The lowest BCUT2D eigenvalue weighted by atomic mass is 10.0. The van der Waals surface area contributed by atoms with E-state index in [-0.39, 0.29) is 5.91 Å². The summed E-state index contributed by atoms with van der Waals surface area (Å²) in [6.45, 7) is 3.41. The monoisotopic (exact) mass is 440 g/mol. The van der Waals surface area contributed by atoms with Crippen molar-refractivity contribution in [2.45, 2.75) is 19.4 Å². The maximum Gasteiger partial charge on any atom is 0.255 e. The van der Waals surface area contributed by atoms with Crippen molar-refractivity contribution in [3.8, 4) is 11.1 Å². The van der Waals surface area contributed by atoms with E-state index in [1.165, 1.54) is 36.9 Å². The number of hydrogen-bond donors (Lipinski definition) is 1. The molecule has 1 aliphatic rings. The summed E-state index contributed by atoms with van der Waals surface area (Å²) in [5.41, 5.74) is 4.89. The zero-order chi connectivity index (χ0) is 21.9. The SMILES string of the molecule is O=C(Nc1ccc2cc(CN3CCCC3)ccc2c1)c1ccc(-c2ccc(Cl)cc2)cc1. The van der Waals surface area contributed by atoms with Crippen LogP contribution in [0.2, 0.25) is 5.02 Å². The molecule has 0 atom stereocenters. The molecule has 5 rings (SSSR count). The fourth-order valence-corrected chi connectivity index (χ4v) is 4.46. The van der Waals surface area contributed by atoms with Crippen LogP contribution in [0, 0.1) is 0 Å². The largest absolute Gasteiger partial charge is 0.322 e. The number of halogens is 1. The van der Waals surface area contributed by atoms with Crippen LogP contribution >= 0.6 is 11.6 Å². The van der Waals surface area contributed by atoms with Crippen LogP contribution in [-0.4, -0.2) is 23.9 Å². The Labute approximate surface area is 193 Å². The van der Waals surface area contributed by atoms with Gasteiger partial charge in [0.2, 0.25) is 0 Å².